The van der Waals surface area contributed by atoms with Crippen molar-refractivity contribution in [3.8, 4) is 0 Å². The molecule has 1 aromatic rings. The van der Waals surface area contributed by atoms with Crippen molar-refractivity contribution in [1.82, 2.24) is 9.97 Å². The van der Waals surface area contributed by atoms with Gasteiger partial charge in [0, 0.05) is 25.2 Å². The van der Waals surface area contributed by atoms with Crippen molar-refractivity contribution >= 4 is 23.4 Å². The third-order valence-corrected chi connectivity index (χ3v) is 3.95. The Balaban J connectivity index is 1.72. The summed E-state index contributed by atoms with van der Waals surface area (Å²) in [6.45, 7) is 3.04. The molecule has 0 unspecified atom stereocenters. The highest BCUT2D eigenvalue weighted by atomic mass is 35.5. The summed E-state index contributed by atoms with van der Waals surface area (Å²) < 4.78 is 5.34. The van der Waals surface area contributed by atoms with Gasteiger partial charge in [0.1, 0.15) is 11.0 Å². The van der Waals surface area contributed by atoms with Crippen LogP contribution in [-0.2, 0) is 4.74 Å². The first-order valence-electron chi connectivity index (χ1n) is 7.02. The SMILES string of the molecule is O[C@@H]1CC[C@@H](Nc2nc(Cl)cc(N3CCOCC3)n2)C1. The third-order valence-electron chi connectivity index (χ3n) is 3.75. The maximum atomic E-state index is 9.56. The number of nitrogens with one attached hydrogen (secondary N) is 1. The van der Waals surface area contributed by atoms with Gasteiger partial charge in [-0.2, -0.15) is 4.98 Å². The number of hydrogen-bond acceptors (Lipinski definition) is 6. The monoisotopic (exact) mass is 298 g/mol. The van der Waals surface area contributed by atoms with Crippen molar-refractivity contribution in [2.75, 3.05) is 36.5 Å². The van der Waals surface area contributed by atoms with Gasteiger partial charge in [-0.05, 0) is 19.3 Å². The van der Waals surface area contributed by atoms with Gasteiger partial charge in [-0.1, -0.05) is 11.6 Å². The first-order valence-corrected chi connectivity index (χ1v) is 7.40. The molecule has 3 rings (SSSR count). The quantitative estimate of drug-likeness (QED) is 0.820. The second-order valence-corrected chi connectivity index (χ2v) is 5.67. The first-order chi connectivity index (χ1) is 9.70. The molecule has 2 fully saturated rings. The van der Waals surface area contributed by atoms with E-state index in [1.165, 1.54) is 0 Å². The van der Waals surface area contributed by atoms with E-state index in [0.29, 0.717) is 24.3 Å². The maximum Gasteiger partial charge on any atom is 0.226 e. The van der Waals surface area contributed by atoms with Crippen molar-refractivity contribution in [2.45, 2.75) is 31.4 Å². The van der Waals surface area contributed by atoms with E-state index in [9.17, 15) is 5.11 Å². The summed E-state index contributed by atoms with van der Waals surface area (Å²) in [5, 5.41) is 13.3. The van der Waals surface area contributed by atoms with Crippen molar-refractivity contribution in [1.29, 1.82) is 0 Å². The van der Waals surface area contributed by atoms with E-state index in [4.69, 9.17) is 16.3 Å². The molecule has 2 atom stereocenters. The van der Waals surface area contributed by atoms with Gasteiger partial charge in [0.2, 0.25) is 5.95 Å². The summed E-state index contributed by atoms with van der Waals surface area (Å²) in [6, 6.07) is 2.00. The van der Waals surface area contributed by atoms with Crippen LogP contribution in [0.5, 0.6) is 0 Å². The molecule has 0 bridgehead atoms. The molecule has 0 aromatic carbocycles. The molecule has 1 aliphatic carbocycles. The Labute approximate surface area is 123 Å². The molecule has 0 radical (unpaired) electrons. The minimum absolute atomic E-state index is 0.217. The lowest BCUT2D eigenvalue weighted by molar-refractivity contribution is 0.122. The number of aliphatic hydroxyl groups excluding tert-OH is 1. The Morgan fingerprint density at radius 2 is 2.10 bits per heavy atom. The van der Waals surface area contributed by atoms with Crippen molar-refractivity contribution in [2.24, 2.45) is 0 Å². The van der Waals surface area contributed by atoms with Crippen LogP contribution >= 0.6 is 11.6 Å². The predicted octanol–water partition coefficient (Wildman–Crippen LogP) is 1.29. The highest BCUT2D eigenvalue weighted by molar-refractivity contribution is 6.29. The molecular weight excluding hydrogens is 280 g/mol. The summed E-state index contributed by atoms with van der Waals surface area (Å²) in [6.07, 6.45) is 2.28. The van der Waals surface area contributed by atoms with E-state index in [0.717, 1.165) is 38.2 Å². The number of anilines is 2. The molecule has 1 saturated heterocycles. The van der Waals surface area contributed by atoms with Gasteiger partial charge in [-0.15, -0.1) is 0 Å². The topological polar surface area (TPSA) is 70.5 Å². The molecule has 1 aliphatic heterocycles. The standard InChI is InChI=1S/C13H19ClN4O2/c14-11-8-12(18-3-5-20-6-4-18)17-13(16-11)15-9-1-2-10(19)7-9/h8-10,19H,1-7H2,(H,15,16,17)/t9-,10-/m1/s1. The lowest BCUT2D eigenvalue weighted by Crippen LogP contribution is -2.37. The van der Waals surface area contributed by atoms with Gasteiger partial charge < -0.3 is 20.1 Å². The normalized spacial score (nSPS) is 26.8. The molecular formula is C13H19ClN4O2. The summed E-state index contributed by atoms with van der Waals surface area (Å²) in [7, 11) is 0. The molecule has 2 N–H and O–H groups in total. The maximum absolute atomic E-state index is 9.56. The van der Waals surface area contributed by atoms with Crippen LogP contribution in [0.2, 0.25) is 5.15 Å². The Kier molecular flexibility index (Phi) is 4.24. The Hall–Kier alpha value is -1.11. The van der Waals surface area contributed by atoms with E-state index >= 15 is 0 Å². The smallest absolute Gasteiger partial charge is 0.226 e. The average molecular weight is 299 g/mol. The van der Waals surface area contributed by atoms with Gasteiger partial charge in [0.25, 0.3) is 0 Å². The van der Waals surface area contributed by atoms with Crippen LogP contribution in [0.25, 0.3) is 0 Å². The number of rotatable bonds is 3. The molecule has 2 aliphatic rings. The fourth-order valence-corrected chi connectivity index (χ4v) is 2.87. The number of halogens is 1. The number of ether oxygens (including phenoxy) is 1. The lowest BCUT2D eigenvalue weighted by Gasteiger charge is -2.28. The van der Waals surface area contributed by atoms with Crippen LogP contribution in [0.3, 0.4) is 0 Å². The number of nitrogens with zero attached hydrogens (tertiary/aromatic N) is 3. The fourth-order valence-electron chi connectivity index (χ4n) is 2.70. The Morgan fingerprint density at radius 1 is 1.30 bits per heavy atom. The average Bonchev–Trinajstić information content (AvgIpc) is 2.84. The molecule has 110 valence electrons. The summed E-state index contributed by atoms with van der Waals surface area (Å²) >= 11 is 6.08. The van der Waals surface area contributed by atoms with E-state index < -0.39 is 0 Å². The second-order valence-electron chi connectivity index (χ2n) is 5.28. The first kappa shape index (κ1) is 13.9. The van der Waals surface area contributed by atoms with Crippen molar-refractivity contribution in [3.05, 3.63) is 11.2 Å². The van der Waals surface area contributed by atoms with Gasteiger partial charge in [-0.3, -0.25) is 0 Å². The van der Waals surface area contributed by atoms with Crippen LogP contribution in [0.1, 0.15) is 19.3 Å². The molecule has 6 nitrogen and oxygen atoms in total. The van der Waals surface area contributed by atoms with Gasteiger partial charge in [0.15, 0.2) is 0 Å². The second kappa shape index (κ2) is 6.11. The molecule has 7 heteroatoms. The molecule has 0 spiro atoms. The number of aliphatic hydroxyl groups is 1. The zero-order valence-electron chi connectivity index (χ0n) is 11.3. The third kappa shape index (κ3) is 3.31. The number of aromatic nitrogens is 2. The molecule has 1 saturated carbocycles. The van der Waals surface area contributed by atoms with Crippen molar-refractivity contribution in [3.63, 3.8) is 0 Å². The Bertz CT molecular complexity index is 468. The van der Waals surface area contributed by atoms with Gasteiger partial charge in [0.05, 0.1) is 19.3 Å². The zero-order chi connectivity index (χ0) is 13.9. The van der Waals surface area contributed by atoms with Gasteiger partial charge >= 0.3 is 0 Å². The summed E-state index contributed by atoms with van der Waals surface area (Å²) in [5.74, 6) is 1.37. The van der Waals surface area contributed by atoms with Gasteiger partial charge in [-0.25, -0.2) is 4.98 Å². The molecule has 1 aromatic heterocycles. The van der Waals surface area contributed by atoms with Crippen LogP contribution < -0.4 is 10.2 Å². The Morgan fingerprint density at radius 3 is 2.80 bits per heavy atom. The molecule has 2 heterocycles. The lowest BCUT2D eigenvalue weighted by atomic mass is 10.2. The van der Waals surface area contributed by atoms with Crippen LogP contribution in [0.4, 0.5) is 11.8 Å². The van der Waals surface area contributed by atoms with Crippen molar-refractivity contribution < 1.29 is 9.84 Å². The number of morpholine rings is 1. The summed E-state index contributed by atoms with van der Waals surface area (Å²) in [4.78, 5) is 10.9. The van der Waals surface area contributed by atoms with Crippen LogP contribution in [0, 0.1) is 0 Å². The fraction of sp³-hybridized carbons (Fsp3) is 0.692. The van der Waals surface area contributed by atoms with Crippen LogP contribution in [0.15, 0.2) is 6.07 Å². The minimum atomic E-state index is -0.217. The van der Waals surface area contributed by atoms with E-state index in [-0.39, 0.29) is 12.1 Å². The largest absolute Gasteiger partial charge is 0.393 e. The van der Waals surface area contributed by atoms with E-state index in [1.807, 2.05) is 0 Å². The molecule has 0 amide bonds. The number of hydrogen-bond donors (Lipinski definition) is 2. The summed E-state index contributed by atoms with van der Waals surface area (Å²) in [5.41, 5.74) is 0. The van der Waals surface area contributed by atoms with Crippen LogP contribution in [-0.4, -0.2) is 53.5 Å². The minimum Gasteiger partial charge on any atom is -0.393 e. The predicted molar refractivity (Wildman–Crippen MR) is 77.3 cm³/mol. The highest BCUT2D eigenvalue weighted by Gasteiger charge is 2.24. The van der Waals surface area contributed by atoms with E-state index in [2.05, 4.69) is 20.2 Å². The van der Waals surface area contributed by atoms with E-state index in [1.54, 1.807) is 6.07 Å². The molecule has 20 heavy (non-hydrogen) atoms. The zero-order valence-corrected chi connectivity index (χ0v) is 12.0. The highest BCUT2D eigenvalue weighted by Crippen LogP contribution is 2.24.